The van der Waals surface area contributed by atoms with E-state index in [1.807, 2.05) is 26.1 Å². The van der Waals surface area contributed by atoms with Gasteiger partial charge in [0.1, 0.15) is 5.69 Å². The van der Waals surface area contributed by atoms with E-state index in [2.05, 4.69) is 31.1 Å². The lowest BCUT2D eigenvalue weighted by molar-refractivity contribution is 0.0722. The highest BCUT2D eigenvalue weighted by Gasteiger charge is 2.19. The molecule has 1 amide bonds. The van der Waals surface area contributed by atoms with Gasteiger partial charge in [-0.05, 0) is 38.3 Å². The van der Waals surface area contributed by atoms with Crippen molar-refractivity contribution in [1.82, 2.24) is 9.88 Å². The minimum absolute atomic E-state index is 0.0205. The van der Waals surface area contributed by atoms with Gasteiger partial charge in [0.2, 0.25) is 0 Å². The van der Waals surface area contributed by atoms with Crippen molar-refractivity contribution in [2.45, 2.75) is 40.2 Å². The second-order valence-corrected chi connectivity index (χ2v) is 5.35. The maximum absolute atomic E-state index is 12.4. The zero-order chi connectivity index (χ0) is 14.4. The maximum Gasteiger partial charge on any atom is 0.272 e. The molecule has 106 valence electrons. The lowest BCUT2D eigenvalue weighted by atomic mass is 10.0. The average molecular weight is 263 g/mol. The molecule has 1 heterocycles. The van der Waals surface area contributed by atoms with Crippen molar-refractivity contribution in [3.8, 4) is 0 Å². The number of hydrogen-bond acceptors (Lipinski definition) is 3. The van der Waals surface area contributed by atoms with Crippen molar-refractivity contribution in [2.75, 3.05) is 18.9 Å². The Morgan fingerprint density at radius 2 is 2.11 bits per heavy atom. The number of anilines is 1. The topological polar surface area (TPSA) is 45.2 Å². The molecular formula is C15H25N3O. The number of carbonyl (C=O) groups excluding carboxylic acids is 1. The zero-order valence-electron chi connectivity index (χ0n) is 12.6. The van der Waals surface area contributed by atoms with Gasteiger partial charge in [0.05, 0.1) is 0 Å². The van der Waals surface area contributed by atoms with Crippen LogP contribution in [0.15, 0.2) is 18.3 Å². The third kappa shape index (κ3) is 4.54. The number of nitrogens with one attached hydrogen (secondary N) is 1. The molecule has 4 nitrogen and oxygen atoms in total. The minimum Gasteiger partial charge on any atom is -0.385 e. The van der Waals surface area contributed by atoms with Gasteiger partial charge in [-0.25, -0.2) is 0 Å². The first-order valence-corrected chi connectivity index (χ1v) is 6.92. The molecule has 0 saturated heterocycles. The Morgan fingerprint density at radius 1 is 1.42 bits per heavy atom. The van der Waals surface area contributed by atoms with E-state index >= 15 is 0 Å². The summed E-state index contributed by atoms with van der Waals surface area (Å²) in [6.45, 7) is 9.26. The molecule has 19 heavy (non-hydrogen) atoms. The van der Waals surface area contributed by atoms with Crippen LogP contribution >= 0.6 is 0 Å². The Bertz CT molecular complexity index is 418. The lowest BCUT2D eigenvalue weighted by Gasteiger charge is -2.26. The van der Waals surface area contributed by atoms with E-state index in [1.165, 1.54) is 0 Å². The highest BCUT2D eigenvalue weighted by Crippen LogP contribution is 2.14. The first kappa shape index (κ1) is 15.5. The molecule has 4 heteroatoms. The first-order valence-electron chi connectivity index (χ1n) is 6.92. The molecule has 1 unspecified atom stereocenters. The van der Waals surface area contributed by atoms with Crippen LogP contribution < -0.4 is 5.32 Å². The van der Waals surface area contributed by atoms with E-state index in [0.717, 1.165) is 18.7 Å². The second-order valence-electron chi connectivity index (χ2n) is 5.35. The molecule has 1 aromatic rings. The van der Waals surface area contributed by atoms with E-state index in [-0.39, 0.29) is 11.9 Å². The molecular weight excluding hydrogens is 238 g/mol. The molecule has 0 fully saturated rings. The molecule has 0 aromatic carbocycles. The Hall–Kier alpha value is -1.58. The zero-order valence-corrected chi connectivity index (χ0v) is 12.6. The summed E-state index contributed by atoms with van der Waals surface area (Å²) in [5, 5.41) is 3.19. The third-order valence-electron chi connectivity index (χ3n) is 3.15. The fraction of sp³-hybridized carbons (Fsp3) is 0.600. The number of amides is 1. The molecule has 0 saturated carbocycles. The lowest BCUT2D eigenvalue weighted by Crippen LogP contribution is -2.36. The summed E-state index contributed by atoms with van der Waals surface area (Å²) in [6.07, 6.45) is 2.67. The van der Waals surface area contributed by atoms with Crippen LogP contribution in [0, 0.1) is 5.92 Å². The Balaban J connectivity index is 2.78. The number of rotatable bonds is 6. The molecule has 0 spiro atoms. The number of nitrogens with zero attached hydrogens (tertiary/aromatic N) is 2. The predicted octanol–water partition coefficient (Wildman–Crippen LogP) is 3.02. The smallest absolute Gasteiger partial charge is 0.272 e. The van der Waals surface area contributed by atoms with Crippen LogP contribution in [-0.4, -0.2) is 35.4 Å². The van der Waals surface area contributed by atoms with Gasteiger partial charge in [0.15, 0.2) is 0 Å². The van der Waals surface area contributed by atoms with E-state index in [0.29, 0.717) is 11.6 Å². The van der Waals surface area contributed by atoms with Crippen LogP contribution in [0.2, 0.25) is 0 Å². The molecule has 0 aliphatic carbocycles. The van der Waals surface area contributed by atoms with Gasteiger partial charge in [-0.15, -0.1) is 0 Å². The summed E-state index contributed by atoms with van der Waals surface area (Å²) in [5.41, 5.74) is 1.43. The Morgan fingerprint density at radius 3 is 2.68 bits per heavy atom. The highest BCUT2D eigenvalue weighted by atomic mass is 16.2. The van der Waals surface area contributed by atoms with Crippen LogP contribution in [0.4, 0.5) is 5.69 Å². The molecule has 1 aromatic heterocycles. The molecule has 1 N–H and O–H groups in total. The number of hydrogen-bond donors (Lipinski definition) is 1. The van der Waals surface area contributed by atoms with Crippen LogP contribution in [-0.2, 0) is 0 Å². The molecule has 0 bridgehead atoms. The summed E-state index contributed by atoms with van der Waals surface area (Å²) in [4.78, 5) is 18.3. The maximum atomic E-state index is 12.4. The van der Waals surface area contributed by atoms with Gasteiger partial charge in [-0.2, -0.15) is 0 Å². The van der Waals surface area contributed by atoms with Crippen LogP contribution in [0.5, 0.6) is 0 Å². The van der Waals surface area contributed by atoms with Crippen molar-refractivity contribution in [1.29, 1.82) is 0 Å². The number of pyridine rings is 1. The normalized spacial score (nSPS) is 12.3. The van der Waals surface area contributed by atoms with Crippen LogP contribution in [0.3, 0.4) is 0 Å². The molecule has 0 aliphatic heterocycles. The van der Waals surface area contributed by atoms with Gasteiger partial charge < -0.3 is 10.2 Å². The van der Waals surface area contributed by atoms with Crippen molar-refractivity contribution in [2.24, 2.45) is 5.92 Å². The fourth-order valence-corrected chi connectivity index (χ4v) is 2.08. The number of carbonyl (C=O) groups is 1. The number of aromatic nitrogens is 1. The van der Waals surface area contributed by atoms with Crippen LogP contribution in [0.1, 0.15) is 44.6 Å². The summed E-state index contributed by atoms with van der Waals surface area (Å²) in [6, 6.07) is 3.90. The van der Waals surface area contributed by atoms with Gasteiger partial charge >= 0.3 is 0 Å². The molecule has 1 rings (SSSR count). The average Bonchev–Trinajstić information content (AvgIpc) is 2.37. The predicted molar refractivity (Wildman–Crippen MR) is 79.4 cm³/mol. The standard InChI is InChI=1S/C15H25N3O/c1-6-16-13-7-8-17-14(10-13)15(19)18(5)12(4)9-11(2)3/h7-8,10-12H,6,9H2,1-5H3,(H,16,17). The van der Waals surface area contributed by atoms with Gasteiger partial charge in [-0.3, -0.25) is 9.78 Å². The summed E-state index contributed by atoms with van der Waals surface area (Å²) >= 11 is 0. The SMILES string of the molecule is CCNc1ccnc(C(=O)N(C)C(C)CC(C)C)c1. The fourth-order valence-electron chi connectivity index (χ4n) is 2.08. The van der Waals surface area contributed by atoms with Gasteiger partial charge in [-0.1, -0.05) is 13.8 Å². The van der Waals surface area contributed by atoms with Gasteiger partial charge in [0, 0.05) is 31.5 Å². The summed E-state index contributed by atoms with van der Waals surface area (Å²) in [5.74, 6) is 0.555. The second kappa shape index (κ2) is 7.12. The summed E-state index contributed by atoms with van der Waals surface area (Å²) < 4.78 is 0. The molecule has 0 radical (unpaired) electrons. The third-order valence-corrected chi connectivity index (χ3v) is 3.15. The highest BCUT2D eigenvalue weighted by molar-refractivity contribution is 5.93. The van der Waals surface area contributed by atoms with Crippen molar-refractivity contribution in [3.05, 3.63) is 24.0 Å². The largest absolute Gasteiger partial charge is 0.385 e. The molecule has 0 aliphatic rings. The first-order chi connectivity index (χ1) is 8.95. The van der Waals surface area contributed by atoms with Crippen LogP contribution in [0.25, 0.3) is 0 Å². The Kier molecular flexibility index (Phi) is 5.80. The monoisotopic (exact) mass is 263 g/mol. The van der Waals surface area contributed by atoms with E-state index in [4.69, 9.17) is 0 Å². The summed E-state index contributed by atoms with van der Waals surface area (Å²) in [7, 11) is 1.84. The minimum atomic E-state index is -0.0205. The Labute approximate surface area is 116 Å². The van der Waals surface area contributed by atoms with E-state index in [9.17, 15) is 4.79 Å². The van der Waals surface area contributed by atoms with Crippen molar-refractivity contribution >= 4 is 11.6 Å². The van der Waals surface area contributed by atoms with Crippen molar-refractivity contribution < 1.29 is 4.79 Å². The van der Waals surface area contributed by atoms with Crippen molar-refractivity contribution in [3.63, 3.8) is 0 Å². The van der Waals surface area contributed by atoms with E-state index in [1.54, 1.807) is 11.1 Å². The quantitative estimate of drug-likeness (QED) is 0.858. The van der Waals surface area contributed by atoms with E-state index < -0.39 is 0 Å². The molecule has 1 atom stereocenters. The van der Waals surface area contributed by atoms with Gasteiger partial charge in [0.25, 0.3) is 5.91 Å².